The predicted octanol–water partition coefficient (Wildman–Crippen LogP) is -0.573. The van der Waals surface area contributed by atoms with E-state index in [9.17, 15) is 5.11 Å². The monoisotopic (exact) mass is 267 g/mol. The van der Waals surface area contributed by atoms with Crippen LogP contribution >= 0.6 is 0 Å². The second-order valence-corrected chi connectivity index (χ2v) is 3.86. The molecule has 0 aromatic carbocycles. The number of pyridine rings is 1. The molecule has 1 aromatic rings. The van der Waals surface area contributed by atoms with Crippen molar-refractivity contribution in [3.8, 4) is 5.75 Å². The van der Waals surface area contributed by atoms with Gasteiger partial charge in [-0.2, -0.15) is 8.42 Å². The van der Waals surface area contributed by atoms with Crippen LogP contribution in [0.1, 0.15) is 16.8 Å². The molecule has 0 saturated carbocycles. The van der Waals surface area contributed by atoms with Crippen LogP contribution in [0.4, 0.5) is 0 Å². The number of hydrogen-bond donors (Lipinski definition) is 5. The zero-order chi connectivity index (χ0) is 13.6. The minimum Gasteiger partial charge on any atom is -0.506 e. The number of aromatic hydroxyl groups is 1. The second-order valence-electron chi connectivity index (χ2n) is 2.96. The molecule has 0 aliphatic rings. The molecule has 0 unspecified atom stereocenters. The lowest BCUT2D eigenvalue weighted by atomic mass is 10.1. The molecule has 0 aliphatic heterocycles. The Morgan fingerprint density at radius 1 is 1.24 bits per heavy atom. The van der Waals surface area contributed by atoms with Crippen molar-refractivity contribution in [3.05, 3.63) is 23.0 Å². The topological polar surface area (TPSA) is 148 Å². The second kappa shape index (κ2) is 6.47. The molecule has 0 saturated heterocycles. The molecule has 0 radical (unpaired) electrons. The molecule has 0 aliphatic carbocycles. The van der Waals surface area contributed by atoms with Gasteiger partial charge in [-0.1, -0.05) is 0 Å². The Bertz CT molecular complexity index is 463. The number of aliphatic hydroxyl groups is 2. The summed E-state index contributed by atoms with van der Waals surface area (Å²) < 4.78 is 31.6. The fourth-order valence-electron chi connectivity index (χ4n) is 0.997. The Kier molecular flexibility index (Phi) is 5.99. The molecule has 0 spiro atoms. The lowest BCUT2D eigenvalue weighted by molar-refractivity contribution is 0.254. The molecular formula is C8H13NO7S. The molecule has 1 heterocycles. The van der Waals surface area contributed by atoms with E-state index in [1.807, 2.05) is 0 Å². The summed E-state index contributed by atoms with van der Waals surface area (Å²) in [6.07, 6.45) is 1.45. The quantitative estimate of drug-likeness (QED) is 0.447. The fourth-order valence-corrected chi connectivity index (χ4v) is 0.997. The van der Waals surface area contributed by atoms with Crippen molar-refractivity contribution >= 4 is 10.4 Å². The van der Waals surface area contributed by atoms with Crippen molar-refractivity contribution in [1.82, 2.24) is 4.98 Å². The van der Waals surface area contributed by atoms with Gasteiger partial charge < -0.3 is 15.3 Å². The van der Waals surface area contributed by atoms with Gasteiger partial charge in [0.1, 0.15) is 5.75 Å². The molecule has 0 fully saturated rings. The summed E-state index contributed by atoms with van der Waals surface area (Å²) in [6, 6.07) is 0. The van der Waals surface area contributed by atoms with Crippen LogP contribution in [0, 0.1) is 6.92 Å². The van der Waals surface area contributed by atoms with Crippen LogP contribution in [-0.2, 0) is 23.6 Å². The number of rotatable bonds is 2. The first-order valence-electron chi connectivity index (χ1n) is 4.28. The molecule has 1 aromatic heterocycles. The summed E-state index contributed by atoms with van der Waals surface area (Å²) in [7, 11) is -4.67. The Labute approximate surface area is 97.8 Å². The molecule has 0 amide bonds. The molecule has 9 heteroatoms. The van der Waals surface area contributed by atoms with Crippen molar-refractivity contribution in [2.45, 2.75) is 20.1 Å². The lowest BCUT2D eigenvalue weighted by Gasteiger charge is -2.07. The first-order chi connectivity index (χ1) is 7.70. The third-order valence-electron chi connectivity index (χ3n) is 1.76. The van der Waals surface area contributed by atoms with Gasteiger partial charge in [-0.25, -0.2) is 0 Å². The zero-order valence-corrected chi connectivity index (χ0v) is 9.72. The minimum atomic E-state index is -4.67. The first-order valence-corrected chi connectivity index (χ1v) is 5.68. The maximum Gasteiger partial charge on any atom is 0.394 e. The lowest BCUT2D eigenvalue weighted by Crippen LogP contribution is -1.98. The van der Waals surface area contributed by atoms with Gasteiger partial charge in [0.15, 0.2) is 0 Å². The molecule has 8 nitrogen and oxygen atoms in total. The van der Waals surface area contributed by atoms with Crippen LogP contribution in [0.15, 0.2) is 6.20 Å². The number of aliphatic hydroxyl groups excluding tert-OH is 2. The zero-order valence-electron chi connectivity index (χ0n) is 8.90. The molecule has 0 atom stereocenters. The highest BCUT2D eigenvalue weighted by Crippen LogP contribution is 2.23. The van der Waals surface area contributed by atoms with E-state index in [2.05, 4.69) is 4.98 Å². The maximum absolute atomic E-state index is 9.38. The Hall–Kier alpha value is -1.26. The molecular weight excluding hydrogens is 254 g/mol. The standard InChI is InChI=1S/C8H11NO3.H2O4S/c1-5-8(12)7(4-11)6(3-10)2-9-5;1-5(2,3)4/h2,10-12H,3-4H2,1H3;(H2,1,2,3,4). The normalized spacial score (nSPS) is 10.6. The first kappa shape index (κ1) is 15.7. The van der Waals surface area contributed by atoms with Crippen LogP contribution < -0.4 is 0 Å². The van der Waals surface area contributed by atoms with Crippen molar-refractivity contribution in [1.29, 1.82) is 0 Å². The van der Waals surface area contributed by atoms with Crippen molar-refractivity contribution in [3.63, 3.8) is 0 Å². The van der Waals surface area contributed by atoms with Gasteiger partial charge in [-0.3, -0.25) is 14.1 Å². The van der Waals surface area contributed by atoms with Crippen LogP contribution in [0.5, 0.6) is 5.75 Å². The van der Waals surface area contributed by atoms with E-state index in [1.165, 1.54) is 6.20 Å². The van der Waals surface area contributed by atoms with E-state index in [-0.39, 0.29) is 19.0 Å². The van der Waals surface area contributed by atoms with Gasteiger partial charge in [0.05, 0.1) is 18.9 Å². The highest BCUT2D eigenvalue weighted by Gasteiger charge is 2.09. The summed E-state index contributed by atoms with van der Waals surface area (Å²) in [5, 5.41) is 27.0. The fraction of sp³-hybridized carbons (Fsp3) is 0.375. The molecule has 17 heavy (non-hydrogen) atoms. The Morgan fingerprint density at radius 2 is 1.71 bits per heavy atom. The van der Waals surface area contributed by atoms with E-state index >= 15 is 0 Å². The van der Waals surface area contributed by atoms with Crippen LogP contribution in [0.3, 0.4) is 0 Å². The van der Waals surface area contributed by atoms with Gasteiger partial charge in [-0.15, -0.1) is 0 Å². The molecule has 1 rings (SSSR count). The van der Waals surface area contributed by atoms with Crippen LogP contribution in [-0.4, -0.2) is 37.8 Å². The SMILES string of the molecule is Cc1ncc(CO)c(CO)c1O.O=S(=O)(O)O. The molecule has 98 valence electrons. The number of nitrogens with zero attached hydrogens (tertiary/aromatic N) is 1. The highest BCUT2D eigenvalue weighted by atomic mass is 32.3. The smallest absolute Gasteiger partial charge is 0.394 e. The number of aromatic nitrogens is 1. The van der Waals surface area contributed by atoms with Gasteiger partial charge in [0.2, 0.25) is 0 Å². The average molecular weight is 267 g/mol. The summed E-state index contributed by atoms with van der Waals surface area (Å²) in [5.41, 5.74) is 1.27. The minimum absolute atomic E-state index is 0.0379. The Balaban J connectivity index is 0.000000437. The molecule has 0 bridgehead atoms. The predicted molar refractivity (Wildman–Crippen MR) is 56.7 cm³/mol. The summed E-state index contributed by atoms with van der Waals surface area (Å²) in [5.74, 6) is -0.0379. The Morgan fingerprint density at radius 3 is 2.06 bits per heavy atom. The van der Waals surface area contributed by atoms with Crippen molar-refractivity contribution in [2.75, 3.05) is 0 Å². The van der Waals surface area contributed by atoms with Gasteiger partial charge in [-0.05, 0) is 6.92 Å². The van der Waals surface area contributed by atoms with Crippen LogP contribution in [0.25, 0.3) is 0 Å². The maximum atomic E-state index is 9.38. The number of hydrogen-bond acceptors (Lipinski definition) is 6. The summed E-state index contributed by atoms with van der Waals surface area (Å²) in [4.78, 5) is 3.84. The van der Waals surface area contributed by atoms with E-state index < -0.39 is 10.4 Å². The van der Waals surface area contributed by atoms with Crippen LogP contribution in [0.2, 0.25) is 0 Å². The van der Waals surface area contributed by atoms with E-state index in [1.54, 1.807) is 6.92 Å². The van der Waals surface area contributed by atoms with Crippen molar-refractivity contribution < 1.29 is 32.8 Å². The van der Waals surface area contributed by atoms with Gasteiger partial charge in [0, 0.05) is 17.3 Å². The van der Waals surface area contributed by atoms with E-state index in [0.29, 0.717) is 16.8 Å². The van der Waals surface area contributed by atoms with E-state index in [4.69, 9.17) is 27.7 Å². The summed E-state index contributed by atoms with van der Waals surface area (Å²) >= 11 is 0. The van der Waals surface area contributed by atoms with E-state index in [0.717, 1.165) is 0 Å². The highest BCUT2D eigenvalue weighted by molar-refractivity contribution is 7.79. The number of aryl methyl sites for hydroxylation is 1. The average Bonchev–Trinajstić information content (AvgIpc) is 2.19. The summed E-state index contributed by atoms with van der Waals surface area (Å²) in [6.45, 7) is 1.12. The van der Waals surface area contributed by atoms with Crippen molar-refractivity contribution in [2.24, 2.45) is 0 Å². The molecule has 5 N–H and O–H groups in total. The van der Waals surface area contributed by atoms with Gasteiger partial charge >= 0.3 is 10.4 Å². The van der Waals surface area contributed by atoms with Gasteiger partial charge in [0.25, 0.3) is 0 Å². The third-order valence-corrected chi connectivity index (χ3v) is 1.76. The largest absolute Gasteiger partial charge is 0.506 e. The third kappa shape index (κ3) is 6.14.